The van der Waals surface area contributed by atoms with E-state index in [9.17, 15) is 9.59 Å². The summed E-state index contributed by atoms with van der Waals surface area (Å²) in [6.07, 6.45) is -1.23. The fraction of sp³-hybridized carbons (Fsp3) is 0.333. The van der Waals surface area contributed by atoms with Gasteiger partial charge >= 0.3 is 12.1 Å². The lowest BCUT2D eigenvalue weighted by molar-refractivity contribution is -0.150. The van der Waals surface area contributed by atoms with E-state index in [0.717, 1.165) is 22.3 Å². The largest absolute Gasteiger partial charge is 0.511 e. The zero-order chi connectivity index (χ0) is 27.4. The minimum Gasteiger partial charge on any atom is -0.431 e. The molecule has 10 nitrogen and oxygen atoms in total. The molecule has 198 valence electrons. The van der Waals surface area contributed by atoms with Crippen molar-refractivity contribution < 1.29 is 23.8 Å². The highest BCUT2D eigenvalue weighted by Crippen LogP contribution is 2.25. The van der Waals surface area contributed by atoms with Crippen molar-refractivity contribution in [2.45, 2.75) is 33.4 Å². The smallest absolute Gasteiger partial charge is 0.431 e. The van der Waals surface area contributed by atoms with E-state index in [1.807, 2.05) is 48.5 Å². The summed E-state index contributed by atoms with van der Waals surface area (Å²) in [5, 5.41) is 6.72. The van der Waals surface area contributed by atoms with Crippen LogP contribution in [-0.4, -0.2) is 63.6 Å². The SMILES string of the molecule is C=NNC(=NC)c1ccccc1-c1ccc(CN(C)/C(C(=O)OCOC(=O)OC(C)C)=C(/C)NC)cc1. The minimum atomic E-state index is -0.900. The summed E-state index contributed by atoms with van der Waals surface area (Å²) < 4.78 is 14.8. The van der Waals surface area contributed by atoms with Crippen LogP contribution in [0.15, 0.2) is 70.0 Å². The Morgan fingerprint density at radius 1 is 1.08 bits per heavy atom. The Morgan fingerprint density at radius 3 is 2.35 bits per heavy atom. The predicted octanol–water partition coefficient (Wildman–Crippen LogP) is 3.88. The minimum absolute atomic E-state index is 0.310. The molecule has 10 heteroatoms. The zero-order valence-electron chi connectivity index (χ0n) is 22.2. The highest BCUT2D eigenvalue weighted by Gasteiger charge is 2.20. The van der Waals surface area contributed by atoms with Crippen LogP contribution in [-0.2, 0) is 25.5 Å². The summed E-state index contributed by atoms with van der Waals surface area (Å²) >= 11 is 0. The molecule has 0 spiro atoms. The summed E-state index contributed by atoms with van der Waals surface area (Å²) in [5.74, 6) is -0.0151. The van der Waals surface area contributed by atoms with Crippen molar-refractivity contribution in [3.05, 3.63) is 71.1 Å². The first-order valence-electron chi connectivity index (χ1n) is 11.7. The van der Waals surface area contributed by atoms with Crippen LogP contribution in [0, 0.1) is 0 Å². The van der Waals surface area contributed by atoms with Crippen molar-refractivity contribution >= 4 is 24.7 Å². The first kappa shape index (κ1) is 28.9. The van der Waals surface area contributed by atoms with Crippen molar-refractivity contribution in [1.82, 2.24) is 15.6 Å². The third-order valence-electron chi connectivity index (χ3n) is 5.28. The maximum atomic E-state index is 12.8. The van der Waals surface area contributed by atoms with Crippen molar-refractivity contribution in [2.75, 3.05) is 27.9 Å². The van der Waals surface area contributed by atoms with Crippen LogP contribution >= 0.6 is 0 Å². The number of hydrogen-bond acceptors (Lipinski definition) is 9. The van der Waals surface area contributed by atoms with Crippen molar-refractivity contribution in [3.63, 3.8) is 0 Å². The van der Waals surface area contributed by atoms with Crippen LogP contribution in [0.1, 0.15) is 31.9 Å². The van der Waals surface area contributed by atoms with E-state index >= 15 is 0 Å². The van der Waals surface area contributed by atoms with Gasteiger partial charge in [-0.2, -0.15) is 5.10 Å². The first-order chi connectivity index (χ1) is 17.7. The number of benzene rings is 2. The number of esters is 1. The quantitative estimate of drug-likeness (QED) is 0.117. The molecule has 0 atom stereocenters. The van der Waals surface area contributed by atoms with Gasteiger partial charge in [0.15, 0.2) is 0 Å². The van der Waals surface area contributed by atoms with Crippen molar-refractivity contribution in [3.8, 4) is 11.1 Å². The Labute approximate surface area is 218 Å². The third-order valence-corrected chi connectivity index (χ3v) is 5.28. The number of ether oxygens (including phenoxy) is 3. The number of hydrazone groups is 1. The number of hydrogen-bond donors (Lipinski definition) is 2. The van der Waals surface area contributed by atoms with Crippen LogP contribution < -0.4 is 10.7 Å². The van der Waals surface area contributed by atoms with E-state index in [1.165, 1.54) is 0 Å². The zero-order valence-corrected chi connectivity index (χ0v) is 22.2. The fourth-order valence-corrected chi connectivity index (χ4v) is 3.53. The Hall–Kier alpha value is -4.34. The van der Waals surface area contributed by atoms with Crippen LogP contribution in [0.2, 0.25) is 0 Å². The number of nitrogens with zero attached hydrogens (tertiary/aromatic N) is 3. The van der Waals surface area contributed by atoms with Gasteiger partial charge in [0.1, 0.15) is 11.5 Å². The van der Waals surface area contributed by atoms with Gasteiger partial charge in [-0.1, -0.05) is 48.5 Å². The lowest BCUT2D eigenvalue weighted by Crippen LogP contribution is -2.29. The Kier molecular flexibility index (Phi) is 11.1. The summed E-state index contributed by atoms with van der Waals surface area (Å²) in [6, 6.07) is 15.9. The number of amidine groups is 1. The number of likely N-dealkylation sites (N-methyl/N-ethyl adjacent to an activating group) is 1. The number of rotatable bonds is 11. The highest BCUT2D eigenvalue weighted by molar-refractivity contribution is 6.04. The van der Waals surface area contributed by atoms with E-state index in [4.69, 9.17) is 14.2 Å². The molecule has 0 aliphatic heterocycles. The molecular weight excluding hydrogens is 474 g/mol. The molecule has 2 aromatic carbocycles. The third kappa shape index (κ3) is 8.38. The molecule has 2 N–H and O–H groups in total. The lowest BCUT2D eigenvalue weighted by atomic mass is 9.98. The van der Waals surface area contributed by atoms with E-state index in [-0.39, 0.29) is 6.10 Å². The molecule has 0 radical (unpaired) electrons. The molecule has 0 amide bonds. The molecule has 37 heavy (non-hydrogen) atoms. The second kappa shape index (κ2) is 14.3. The molecule has 0 fully saturated rings. The van der Waals surface area contributed by atoms with Gasteiger partial charge in [-0.3, -0.25) is 10.4 Å². The molecular formula is C27H35N5O5. The number of allylic oxidation sites excluding steroid dienone is 1. The molecule has 0 heterocycles. The molecule has 2 aromatic rings. The Bertz CT molecular complexity index is 1140. The fourth-order valence-electron chi connectivity index (χ4n) is 3.53. The Balaban J connectivity index is 2.15. The molecule has 0 bridgehead atoms. The average Bonchev–Trinajstić information content (AvgIpc) is 2.87. The van der Waals surface area contributed by atoms with Crippen LogP contribution in [0.5, 0.6) is 0 Å². The standard InChI is InChI=1S/C27H35N5O5/c1-18(2)37-27(34)36-17-35-26(33)24(19(3)28-4)32(7)16-20-12-14-21(15-13-20)22-10-8-9-11-23(22)25(29-5)31-30-6/h8-15,18,28H,6,16-17H2,1-5,7H3,(H,29,31)/b24-19-. The van der Waals surface area contributed by atoms with Gasteiger partial charge in [-0.05, 0) is 37.5 Å². The average molecular weight is 510 g/mol. The molecule has 0 aromatic heterocycles. The van der Waals surface area contributed by atoms with Gasteiger partial charge in [-0.25, -0.2) is 9.59 Å². The van der Waals surface area contributed by atoms with Crippen LogP contribution in [0.25, 0.3) is 11.1 Å². The summed E-state index contributed by atoms with van der Waals surface area (Å²) in [5.41, 5.74) is 7.62. The van der Waals surface area contributed by atoms with Crippen molar-refractivity contribution in [1.29, 1.82) is 0 Å². The Morgan fingerprint density at radius 2 is 1.76 bits per heavy atom. The lowest BCUT2D eigenvalue weighted by Gasteiger charge is -2.24. The van der Waals surface area contributed by atoms with E-state index in [0.29, 0.717) is 23.8 Å². The number of carbonyl (C=O) groups is 2. The second-order valence-corrected chi connectivity index (χ2v) is 8.27. The van der Waals surface area contributed by atoms with Crippen LogP contribution in [0.4, 0.5) is 4.79 Å². The van der Waals surface area contributed by atoms with E-state index in [2.05, 4.69) is 27.6 Å². The second-order valence-electron chi connectivity index (χ2n) is 8.27. The summed E-state index contributed by atoms with van der Waals surface area (Å²) in [6.45, 7) is 8.52. The molecule has 0 aliphatic rings. The molecule has 0 saturated heterocycles. The van der Waals surface area contributed by atoms with Gasteiger partial charge in [0.05, 0.1) is 6.10 Å². The summed E-state index contributed by atoms with van der Waals surface area (Å²) in [4.78, 5) is 30.3. The molecule has 0 saturated carbocycles. The van der Waals surface area contributed by atoms with Gasteiger partial charge < -0.3 is 24.4 Å². The maximum absolute atomic E-state index is 12.8. The topological polar surface area (TPSA) is 114 Å². The van der Waals surface area contributed by atoms with Crippen molar-refractivity contribution in [2.24, 2.45) is 10.1 Å². The van der Waals surface area contributed by atoms with E-state index < -0.39 is 18.9 Å². The van der Waals surface area contributed by atoms with Gasteiger partial charge in [-0.15, -0.1) is 0 Å². The molecule has 0 aliphatic carbocycles. The number of aliphatic imine (C=N–C) groups is 1. The van der Waals surface area contributed by atoms with E-state index in [1.54, 1.807) is 46.8 Å². The first-order valence-corrected chi connectivity index (χ1v) is 11.7. The normalized spacial score (nSPS) is 11.8. The molecule has 2 rings (SSSR count). The predicted molar refractivity (Wildman–Crippen MR) is 144 cm³/mol. The number of carbonyl (C=O) groups excluding carboxylic acids is 2. The van der Waals surface area contributed by atoms with Gasteiger partial charge in [0.25, 0.3) is 0 Å². The van der Waals surface area contributed by atoms with Gasteiger partial charge in [0.2, 0.25) is 6.79 Å². The maximum Gasteiger partial charge on any atom is 0.511 e. The highest BCUT2D eigenvalue weighted by atomic mass is 16.8. The summed E-state index contributed by atoms with van der Waals surface area (Å²) in [7, 11) is 5.19. The van der Waals surface area contributed by atoms with Crippen LogP contribution in [0.3, 0.4) is 0 Å². The van der Waals surface area contributed by atoms with Gasteiger partial charge in [0, 0.05) is 45.7 Å². The number of nitrogens with one attached hydrogen (secondary N) is 2. The molecule has 0 unspecified atom stereocenters. The monoisotopic (exact) mass is 509 g/mol.